The summed E-state index contributed by atoms with van der Waals surface area (Å²) in [7, 11) is 1.72. The third kappa shape index (κ3) is 10.1. The van der Waals surface area contributed by atoms with Crippen LogP contribution in [0.2, 0.25) is 6.04 Å². The summed E-state index contributed by atoms with van der Waals surface area (Å²) in [5, 5.41) is 6.44. The van der Waals surface area contributed by atoms with Crippen molar-refractivity contribution in [2.75, 3.05) is 33.3 Å². The van der Waals surface area contributed by atoms with E-state index in [2.05, 4.69) is 17.6 Å². The molecule has 0 spiro atoms. The molecule has 0 unspecified atom stereocenters. The molecule has 0 radical (unpaired) electrons. The molecule has 0 aromatic rings. The largest absolute Gasteiger partial charge is 0.427 e. The van der Waals surface area contributed by atoms with Crippen molar-refractivity contribution in [3.63, 3.8) is 0 Å². The summed E-state index contributed by atoms with van der Waals surface area (Å²) in [6.45, 7) is 6.74. The molecule has 2 N–H and O–H groups in total. The first-order valence-electron chi connectivity index (χ1n) is 4.82. The van der Waals surface area contributed by atoms with Gasteiger partial charge in [-0.15, -0.1) is 0 Å². The lowest BCUT2D eigenvalue weighted by atomic mass is 10.4. The molecule has 3 nitrogen and oxygen atoms in total. The van der Waals surface area contributed by atoms with Gasteiger partial charge in [-0.2, -0.15) is 0 Å². The lowest BCUT2D eigenvalue weighted by Crippen LogP contribution is -2.39. The molecule has 1 rings (SSSR count). The van der Waals surface area contributed by atoms with Crippen LogP contribution in [-0.4, -0.2) is 43.1 Å². The fraction of sp³-hybridized carbons (Fsp3) is 1.00. The van der Waals surface area contributed by atoms with Crippen LogP contribution in [0.3, 0.4) is 0 Å². The van der Waals surface area contributed by atoms with Crippen molar-refractivity contribution in [1.29, 1.82) is 0 Å². The first kappa shape index (κ1) is 12.1. The molecule has 1 aliphatic heterocycles. The molecule has 0 aromatic heterocycles. The minimum absolute atomic E-state index is 0.0783. The number of nitrogens with one attached hydrogen (secondary N) is 2. The van der Waals surface area contributed by atoms with E-state index in [4.69, 9.17) is 4.43 Å². The van der Waals surface area contributed by atoms with E-state index in [1.165, 1.54) is 12.5 Å². The van der Waals surface area contributed by atoms with Crippen molar-refractivity contribution in [2.24, 2.45) is 0 Å². The predicted molar refractivity (Wildman–Crippen MR) is 56.4 cm³/mol. The zero-order chi connectivity index (χ0) is 9.07. The van der Waals surface area contributed by atoms with Gasteiger partial charge in [0.1, 0.15) is 0 Å². The maximum Gasteiger partial charge on any atom is 0.161 e. The van der Waals surface area contributed by atoms with Gasteiger partial charge in [0.25, 0.3) is 0 Å². The molecular formula is C8H22N2OSi. The normalized spacial score (nSPS) is 17.5. The smallest absolute Gasteiger partial charge is 0.161 e. The Labute approximate surface area is 78.2 Å². The fourth-order valence-corrected chi connectivity index (χ4v) is 1.47. The van der Waals surface area contributed by atoms with Crippen LogP contribution in [0.25, 0.3) is 0 Å². The summed E-state index contributed by atoms with van der Waals surface area (Å²) < 4.78 is 4.92. The van der Waals surface area contributed by atoms with Gasteiger partial charge < -0.3 is 15.1 Å². The van der Waals surface area contributed by atoms with Gasteiger partial charge >= 0.3 is 0 Å². The van der Waals surface area contributed by atoms with Crippen molar-refractivity contribution < 1.29 is 4.43 Å². The lowest BCUT2D eigenvalue weighted by molar-refractivity contribution is 0.440. The second kappa shape index (κ2) is 11.1. The standard InChI is InChI=1S/C4H10N2.C4H12OSi/c1-2-6-4-3-5-1;1-3-4-6-5-2/h5-6H,1-4H2;3-4,6H2,1-2H3. The van der Waals surface area contributed by atoms with Gasteiger partial charge in [-0.05, 0) is 6.04 Å². The van der Waals surface area contributed by atoms with E-state index in [-0.39, 0.29) is 9.76 Å². The Morgan fingerprint density at radius 2 is 1.67 bits per heavy atom. The third-order valence-electron chi connectivity index (χ3n) is 1.66. The van der Waals surface area contributed by atoms with Crippen molar-refractivity contribution >= 4 is 9.76 Å². The van der Waals surface area contributed by atoms with Crippen molar-refractivity contribution in [2.45, 2.75) is 19.4 Å². The summed E-state index contributed by atoms with van der Waals surface area (Å²) in [6, 6.07) is 1.33. The van der Waals surface area contributed by atoms with Crippen LogP contribution in [0.15, 0.2) is 0 Å². The van der Waals surface area contributed by atoms with E-state index in [0.29, 0.717) is 0 Å². The summed E-state index contributed by atoms with van der Waals surface area (Å²) in [5.41, 5.74) is 0. The Morgan fingerprint density at radius 3 is 1.83 bits per heavy atom. The summed E-state index contributed by atoms with van der Waals surface area (Å²) in [4.78, 5) is 0. The molecular weight excluding hydrogens is 168 g/mol. The van der Waals surface area contributed by atoms with E-state index in [0.717, 1.165) is 26.2 Å². The number of hydrogen-bond acceptors (Lipinski definition) is 3. The second-order valence-electron chi connectivity index (χ2n) is 2.85. The fourth-order valence-electron chi connectivity index (χ4n) is 0.892. The highest BCUT2D eigenvalue weighted by Crippen LogP contribution is 1.82. The number of hydrogen-bond donors (Lipinski definition) is 2. The minimum Gasteiger partial charge on any atom is -0.427 e. The van der Waals surface area contributed by atoms with E-state index in [1.54, 1.807) is 7.11 Å². The van der Waals surface area contributed by atoms with E-state index in [9.17, 15) is 0 Å². The van der Waals surface area contributed by atoms with Crippen LogP contribution in [0.1, 0.15) is 13.3 Å². The first-order valence-corrected chi connectivity index (χ1v) is 6.40. The summed E-state index contributed by atoms with van der Waals surface area (Å²) in [6.07, 6.45) is 1.29. The highest BCUT2D eigenvalue weighted by atomic mass is 28.2. The van der Waals surface area contributed by atoms with Gasteiger partial charge in [0.2, 0.25) is 0 Å². The van der Waals surface area contributed by atoms with E-state index in [1.807, 2.05) is 0 Å². The number of rotatable bonds is 3. The monoisotopic (exact) mass is 190 g/mol. The Kier molecular flexibility index (Phi) is 11.2. The molecule has 1 aliphatic rings. The second-order valence-corrected chi connectivity index (χ2v) is 4.54. The minimum atomic E-state index is -0.0783. The van der Waals surface area contributed by atoms with Crippen LogP contribution in [0.5, 0.6) is 0 Å². The molecule has 0 aliphatic carbocycles. The molecule has 74 valence electrons. The molecule has 1 fully saturated rings. The van der Waals surface area contributed by atoms with Crippen LogP contribution in [0, 0.1) is 0 Å². The summed E-state index contributed by atoms with van der Waals surface area (Å²) in [5.74, 6) is 0. The molecule has 0 bridgehead atoms. The molecule has 0 atom stereocenters. The zero-order valence-corrected chi connectivity index (χ0v) is 9.77. The number of piperazine rings is 1. The summed E-state index contributed by atoms with van der Waals surface area (Å²) >= 11 is 0. The molecule has 1 heterocycles. The predicted octanol–water partition coefficient (Wildman–Crippen LogP) is -0.276. The molecule has 1 saturated heterocycles. The molecule has 0 aromatic carbocycles. The van der Waals surface area contributed by atoms with Gasteiger partial charge in [-0.1, -0.05) is 13.3 Å². The van der Waals surface area contributed by atoms with Crippen LogP contribution >= 0.6 is 0 Å². The molecule has 12 heavy (non-hydrogen) atoms. The highest BCUT2D eigenvalue weighted by molar-refractivity contribution is 6.26. The van der Waals surface area contributed by atoms with Crippen molar-refractivity contribution in [3.8, 4) is 0 Å². The quantitative estimate of drug-likeness (QED) is 0.474. The van der Waals surface area contributed by atoms with Crippen LogP contribution in [0.4, 0.5) is 0 Å². The maximum atomic E-state index is 4.92. The lowest BCUT2D eigenvalue weighted by Gasteiger charge is -2.11. The van der Waals surface area contributed by atoms with E-state index < -0.39 is 0 Å². The highest BCUT2D eigenvalue weighted by Gasteiger charge is 1.91. The van der Waals surface area contributed by atoms with Gasteiger partial charge in [0, 0.05) is 33.3 Å². The Balaban J connectivity index is 0.000000202. The Morgan fingerprint density at radius 1 is 1.17 bits per heavy atom. The Hall–Kier alpha value is 0.0969. The Bertz CT molecular complexity index is 63.9. The first-order chi connectivity index (χ1) is 5.91. The SMILES string of the molecule is C1CNCCN1.CCC[SiH2]OC. The molecule has 4 heteroatoms. The van der Waals surface area contributed by atoms with Crippen LogP contribution < -0.4 is 10.6 Å². The van der Waals surface area contributed by atoms with Gasteiger partial charge in [-0.25, -0.2) is 0 Å². The van der Waals surface area contributed by atoms with Crippen molar-refractivity contribution in [1.82, 2.24) is 10.6 Å². The topological polar surface area (TPSA) is 33.3 Å². The van der Waals surface area contributed by atoms with E-state index >= 15 is 0 Å². The van der Waals surface area contributed by atoms with Gasteiger partial charge in [0.15, 0.2) is 9.76 Å². The average molecular weight is 190 g/mol. The van der Waals surface area contributed by atoms with Crippen LogP contribution in [-0.2, 0) is 4.43 Å². The molecule has 0 saturated carbocycles. The van der Waals surface area contributed by atoms with Gasteiger partial charge in [0.05, 0.1) is 0 Å². The third-order valence-corrected chi connectivity index (χ3v) is 3.06. The zero-order valence-electron chi connectivity index (χ0n) is 8.36. The van der Waals surface area contributed by atoms with Gasteiger partial charge in [-0.3, -0.25) is 0 Å². The van der Waals surface area contributed by atoms with Crippen molar-refractivity contribution in [3.05, 3.63) is 0 Å². The molecule has 0 amide bonds. The maximum absolute atomic E-state index is 4.92. The average Bonchev–Trinajstić information content (AvgIpc) is 2.18.